The van der Waals surface area contributed by atoms with Crippen LogP contribution in [0.5, 0.6) is 0 Å². The third-order valence-corrected chi connectivity index (χ3v) is 2.05. The fraction of sp³-hybridized carbons (Fsp3) is 0.364. The summed E-state index contributed by atoms with van der Waals surface area (Å²) in [6.07, 6.45) is 2.70. The minimum absolute atomic E-state index is 0.143. The van der Waals surface area contributed by atoms with Crippen molar-refractivity contribution in [3.63, 3.8) is 0 Å². The Bertz CT molecular complexity index is 477. The molecule has 0 aliphatic rings. The molecule has 0 unspecified atom stereocenters. The van der Waals surface area contributed by atoms with Gasteiger partial charge >= 0.3 is 0 Å². The summed E-state index contributed by atoms with van der Waals surface area (Å²) in [5.41, 5.74) is 4.36. The highest BCUT2D eigenvalue weighted by molar-refractivity contribution is 6.01. The van der Waals surface area contributed by atoms with E-state index in [-0.39, 0.29) is 11.5 Å². The van der Waals surface area contributed by atoms with Crippen LogP contribution < -0.4 is 11.1 Å². The van der Waals surface area contributed by atoms with Crippen molar-refractivity contribution in [3.8, 4) is 0 Å². The summed E-state index contributed by atoms with van der Waals surface area (Å²) in [5, 5.41) is 2.54. The number of carbonyl (C=O) groups excluding carboxylic acids is 2. The summed E-state index contributed by atoms with van der Waals surface area (Å²) in [4.78, 5) is 34.6. The van der Waals surface area contributed by atoms with Gasteiger partial charge in [-0.1, -0.05) is 0 Å². The Balaban J connectivity index is 2.81. The largest absolute Gasteiger partial charge is 0.387 e. The molecule has 1 aromatic rings. The average molecular weight is 249 g/mol. The number of hydrogen-bond acceptors (Lipinski definition) is 4. The molecule has 18 heavy (non-hydrogen) atoms. The molecule has 0 aliphatic heterocycles. The first-order valence-electron chi connectivity index (χ1n) is 5.26. The number of aliphatic imine (C=N–C) groups is 1. The number of nitrogens with zero attached hydrogens (tertiary/aromatic N) is 3. The standard InChI is InChI=1S/C11H15N5O2/c1-7(12)15-10(18)11(2,3)16-9(17)8-4-5-13-6-14-8/h4-6H,1-3H3,(H,16,17)(H2,12,15,18). The second-order valence-electron chi connectivity index (χ2n) is 4.23. The van der Waals surface area contributed by atoms with Crippen LogP contribution in [-0.2, 0) is 4.79 Å². The van der Waals surface area contributed by atoms with E-state index in [0.717, 1.165) is 0 Å². The minimum atomic E-state index is -1.15. The van der Waals surface area contributed by atoms with Crippen LogP contribution in [-0.4, -0.2) is 33.2 Å². The molecule has 1 rings (SSSR count). The van der Waals surface area contributed by atoms with E-state index in [9.17, 15) is 9.59 Å². The van der Waals surface area contributed by atoms with Crippen molar-refractivity contribution in [2.45, 2.75) is 26.3 Å². The van der Waals surface area contributed by atoms with Gasteiger partial charge in [0, 0.05) is 6.20 Å². The normalized spacial score (nSPS) is 12.1. The Morgan fingerprint density at radius 2 is 2.11 bits per heavy atom. The van der Waals surface area contributed by atoms with E-state index in [1.165, 1.54) is 25.5 Å². The summed E-state index contributed by atoms with van der Waals surface area (Å²) in [6, 6.07) is 1.45. The van der Waals surface area contributed by atoms with E-state index in [1.54, 1.807) is 13.8 Å². The van der Waals surface area contributed by atoms with E-state index in [0.29, 0.717) is 0 Å². The van der Waals surface area contributed by atoms with Gasteiger partial charge in [-0.05, 0) is 26.8 Å². The molecule has 1 aromatic heterocycles. The zero-order valence-electron chi connectivity index (χ0n) is 10.5. The number of carbonyl (C=O) groups is 2. The van der Waals surface area contributed by atoms with Crippen molar-refractivity contribution >= 4 is 17.6 Å². The fourth-order valence-corrected chi connectivity index (χ4v) is 1.13. The molecule has 3 N–H and O–H groups in total. The second kappa shape index (κ2) is 5.35. The highest BCUT2D eigenvalue weighted by Gasteiger charge is 2.29. The van der Waals surface area contributed by atoms with Crippen LogP contribution in [0.25, 0.3) is 0 Å². The van der Waals surface area contributed by atoms with E-state index in [1.807, 2.05) is 0 Å². The molecule has 0 radical (unpaired) electrons. The van der Waals surface area contributed by atoms with Gasteiger partial charge in [-0.15, -0.1) is 0 Å². The SMILES string of the molecule is CC(N)=NC(=O)C(C)(C)NC(=O)c1ccncn1. The molecule has 7 heteroatoms. The number of amides is 2. The lowest BCUT2D eigenvalue weighted by atomic mass is 10.0. The molecule has 0 spiro atoms. The predicted octanol–water partition coefficient (Wildman–Crippen LogP) is -0.111. The molecule has 7 nitrogen and oxygen atoms in total. The van der Waals surface area contributed by atoms with E-state index >= 15 is 0 Å². The summed E-state index contributed by atoms with van der Waals surface area (Å²) in [5.74, 6) is -0.852. The van der Waals surface area contributed by atoms with Crippen molar-refractivity contribution in [3.05, 3.63) is 24.3 Å². The van der Waals surface area contributed by atoms with Crippen LogP contribution in [0.2, 0.25) is 0 Å². The van der Waals surface area contributed by atoms with Crippen molar-refractivity contribution in [2.75, 3.05) is 0 Å². The van der Waals surface area contributed by atoms with Gasteiger partial charge in [-0.25, -0.2) is 9.97 Å². The van der Waals surface area contributed by atoms with Gasteiger partial charge in [0.05, 0.1) is 5.84 Å². The fourth-order valence-electron chi connectivity index (χ4n) is 1.13. The number of amidine groups is 1. The summed E-state index contributed by atoms with van der Waals surface area (Å²) >= 11 is 0. The summed E-state index contributed by atoms with van der Waals surface area (Å²) in [6.45, 7) is 4.59. The van der Waals surface area contributed by atoms with Gasteiger partial charge in [0.25, 0.3) is 11.8 Å². The lowest BCUT2D eigenvalue weighted by Crippen LogP contribution is -2.49. The third kappa shape index (κ3) is 3.62. The Kier molecular flexibility index (Phi) is 4.09. The maximum Gasteiger partial charge on any atom is 0.272 e. The van der Waals surface area contributed by atoms with Crippen LogP contribution in [0.4, 0.5) is 0 Å². The van der Waals surface area contributed by atoms with Crippen LogP contribution in [0.1, 0.15) is 31.3 Å². The minimum Gasteiger partial charge on any atom is -0.387 e. The molecule has 0 atom stereocenters. The Morgan fingerprint density at radius 3 is 2.61 bits per heavy atom. The number of nitrogens with two attached hydrogens (primary N) is 1. The van der Waals surface area contributed by atoms with E-state index in [4.69, 9.17) is 5.73 Å². The van der Waals surface area contributed by atoms with E-state index in [2.05, 4.69) is 20.3 Å². The zero-order valence-corrected chi connectivity index (χ0v) is 10.5. The average Bonchev–Trinajstić information content (AvgIpc) is 2.28. The van der Waals surface area contributed by atoms with Crippen LogP contribution in [0.3, 0.4) is 0 Å². The van der Waals surface area contributed by atoms with Crippen LogP contribution >= 0.6 is 0 Å². The molecule has 0 saturated carbocycles. The van der Waals surface area contributed by atoms with Gasteiger partial charge < -0.3 is 11.1 Å². The number of aromatic nitrogens is 2. The van der Waals surface area contributed by atoms with Crippen LogP contribution in [0, 0.1) is 0 Å². The molecule has 0 bridgehead atoms. The molecular weight excluding hydrogens is 234 g/mol. The monoisotopic (exact) mass is 249 g/mol. The maximum absolute atomic E-state index is 11.8. The van der Waals surface area contributed by atoms with Crippen molar-refractivity contribution < 1.29 is 9.59 Å². The van der Waals surface area contributed by atoms with Crippen molar-refractivity contribution in [1.82, 2.24) is 15.3 Å². The Morgan fingerprint density at radius 1 is 1.44 bits per heavy atom. The van der Waals surface area contributed by atoms with Crippen molar-refractivity contribution in [2.24, 2.45) is 10.7 Å². The molecule has 0 aliphatic carbocycles. The molecule has 0 fully saturated rings. The highest BCUT2D eigenvalue weighted by Crippen LogP contribution is 2.06. The Labute approximate surface area is 105 Å². The Hall–Kier alpha value is -2.31. The first-order chi connectivity index (χ1) is 8.33. The van der Waals surface area contributed by atoms with Gasteiger partial charge in [-0.3, -0.25) is 9.59 Å². The molecule has 2 amide bonds. The van der Waals surface area contributed by atoms with Gasteiger partial charge in [0.15, 0.2) is 0 Å². The van der Waals surface area contributed by atoms with E-state index < -0.39 is 17.4 Å². The predicted molar refractivity (Wildman–Crippen MR) is 65.9 cm³/mol. The van der Waals surface area contributed by atoms with Gasteiger partial charge in [-0.2, -0.15) is 4.99 Å². The lowest BCUT2D eigenvalue weighted by molar-refractivity contribution is -0.122. The molecule has 0 aromatic carbocycles. The second-order valence-corrected chi connectivity index (χ2v) is 4.23. The first-order valence-corrected chi connectivity index (χ1v) is 5.26. The topological polar surface area (TPSA) is 110 Å². The van der Waals surface area contributed by atoms with Crippen molar-refractivity contribution in [1.29, 1.82) is 0 Å². The number of nitrogens with one attached hydrogen (secondary N) is 1. The highest BCUT2D eigenvalue weighted by atomic mass is 16.2. The third-order valence-electron chi connectivity index (χ3n) is 2.05. The molecule has 1 heterocycles. The zero-order chi connectivity index (χ0) is 13.8. The molecule has 96 valence electrons. The number of hydrogen-bond donors (Lipinski definition) is 2. The maximum atomic E-state index is 11.8. The van der Waals surface area contributed by atoms with Gasteiger partial charge in [0.1, 0.15) is 17.6 Å². The smallest absolute Gasteiger partial charge is 0.272 e. The number of rotatable bonds is 3. The molecule has 0 saturated heterocycles. The lowest BCUT2D eigenvalue weighted by Gasteiger charge is -2.22. The quantitative estimate of drug-likeness (QED) is 0.573. The van der Waals surface area contributed by atoms with Gasteiger partial charge in [0.2, 0.25) is 0 Å². The first kappa shape index (κ1) is 13.8. The molecular formula is C11H15N5O2. The summed E-state index contributed by atoms with van der Waals surface area (Å²) < 4.78 is 0. The summed E-state index contributed by atoms with van der Waals surface area (Å²) in [7, 11) is 0. The van der Waals surface area contributed by atoms with Crippen LogP contribution in [0.15, 0.2) is 23.6 Å².